The van der Waals surface area contributed by atoms with E-state index in [1.54, 1.807) is 19.9 Å². The minimum absolute atomic E-state index is 0.0469. The van der Waals surface area contributed by atoms with Gasteiger partial charge in [-0.05, 0) is 25.5 Å². The average molecular weight is 326 g/mol. The number of hydrogen-bond donors (Lipinski definition) is 2. The van der Waals surface area contributed by atoms with Crippen molar-refractivity contribution in [3.8, 4) is 0 Å². The van der Waals surface area contributed by atoms with Crippen LogP contribution in [0.3, 0.4) is 0 Å². The lowest BCUT2D eigenvalue weighted by atomic mass is 10.2. The van der Waals surface area contributed by atoms with E-state index in [0.717, 1.165) is 7.05 Å². The molecule has 5 nitrogen and oxygen atoms in total. The van der Waals surface area contributed by atoms with Gasteiger partial charge in [0.2, 0.25) is 0 Å². The second kappa shape index (κ2) is 6.48. The van der Waals surface area contributed by atoms with Gasteiger partial charge in [-0.15, -0.1) is 0 Å². The predicted molar refractivity (Wildman–Crippen MR) is 72.4 cm³/mol. The third-order valence-electron chi connectivity index (χ3n) is 2.70. The van der Waals surface area contributed by atoms with Crippen LogP contribution in [0.15, 0.2) is 6.07 Å². The first-order valence-corrected chi connectivity index (χ1v) is 6.30. The molecule has 0 radical (unpaired) electrons. The number of aliphatic hydroxyl groups excluding tert-OH is 1. The maximum atomic E-state index is 12.2. The molecule has 0 saturated carbocycles. The number of nitrogens with one attached hydrogen (secondary N) is 1. The zero-order valence-corrected chi connectivity index (χ0v) is 12.4. The van der Waals surface area contributed by atoms with E-state index in [1.807, 2.05) is 0 Å². The van der Waals surface area contributed by atoms with E-state index in [-0.39, 0.29) is 10.8 Å². The van der Waals surface area contributed by atoms with Crippen molar-refractivity contribution in [2.45, 2.75) is 26.1 Å². The first-order chi connectivity index (χ1) is 9.52. The Morgan fingerprint density at radius 1 is 1.52 bits per heavy atom. The van der Waals surface area contributed by atoms with Crippen molar-refractivity contribution in [1.82, 2.24) is 9.88 Å². The number of anilines is 1. The van der Waals surface area contributed by atoms with Crippen LogP contribution >= 0.6 is 11.6 Å². The van der Waals surface area contributed by atoms with Crippen molar-refractivity contribution in [1.29, 1.82) is 0 Å². The van der Waals surface area contributed by atoms with Gasteiger partial charge in [0.05, 0.1) is 12.2 Å². The van der Waals surface area contributed by atoms with Crippen LogP contribution in [0.4, 0.5) is 23.7 Å². The van der Waals surface area contributed by atoms with Crippen LogP contribution in [0.1, 0.15) is 11.3 Å². The molecule has 1 rings (SSSR count). The Morgan fingerprint density at radius 3 is 2.57 bits per heavy atom. The first kappa shape index (κ1) is 17.5. The molecule has 0 aromatic carbocycles. The van der Waals surface area contributed by atoms with Gasteiger partial charge in [-0.2, -0.15) is 13.2 Å². The fourth-order valence-corrected chi connectivity index (χ4v) is 1.92. The number of urea groups is 1. The van der Waals surface area contributed by atoms with Crippen molar-refractivity contribution < 1.29 is 23.1 Å². The molecule has 1 atom stereocenters. The summed E-state index contributed by atoms with van der Waals surface area (Å²) in [5.41, 5.74) is 1.50. The van der Waals surface area contributed by atoms with Crippen LogP contribution in [0.25, 0.3) is 0 Å². The van der Waals surface area contributed by atoms with Crippen LogP contribution in [-0.2, 0) is 0 Å². The molecule has 2 N–H and O–H groups in total. The minimum Gasteiger partial charge on any atom is -0.382 e. The lowest BCUT2D eigenvalue weighted by Gasteiger charge is -2.23. The summed E-state index contributed by atoms with van der Waals surface area (Å²) >= 11 is 5.89. The summed E-state index contributed by atoms with van der Waals surface area (Å²) in [4.78, 5) is 16.5. The second-order valence-corrected chi connectivity index (χ2v) is 4.97. The van der Waals surface area contributed by atoms with E-state index >= 15 is 0 Å². The largest absolute Gasteiger partial charge is 0.416 e. The van der Waals surface area contributed by atoms with Crippen LogP contribution in [0.5, 0.6) is 0 Å². The summed E-state index contributed by atoms with van der Waals surface area (Å²) in [6.45, 7) is 2.52. The molecule has 1 heterocycles. The number of hydrogen-bond acceptors (Lipinski definition) is 3. The smallest absolute Gasteiger partial charge is 0.382 e. The maximum absolute atomic E-state index is 12.2. The van der Waals surface area contributed by atoms with Gasteiger partial charge in [-0.3, -0.25) is 0 Å². The number of likely N-dealkylation sites (N-methyl/N-ethyl adjacent to an activating group) is 1. The average Bonchev–Trinajstić information content (AvgIpc) is 2.31. The summed E-state index contributed by atoms with van der Waals surface area (Å²) in [6, 6.07) is 0.848. The first-order valence-electron chi connectivity index (χ1n) is 5.93. The molecule has 1 aromatic rings. The van der Waals surface area contributed by atoms with E-state index in [1.165, 1.54) is 0 Å². The zero-order chi connectivity index (χ0) is 16.4. The van der Waals surface area contributed by atoms with Crippen LogP contribution < -0.4 is 5.32 Å². The highest BCUT2D eigenvalue weighted by Gasteiger charge is 2.39. The topological polar surface area (TPSA) is 65.5 Å². The third-order valence-corrected chi connectivity index (χ3v) is 2.98. The Hall–Kier alpha value is -1.54. The third kappa shape index (κ3) is 4.75. The zero-order valence-electron chi connectivity index (χ0n) is 11.6. The summed E-state index contributed by atoms with van der Waals surface area (Å²) in [6.07, 6.45) is -7.39. The molecule has 0 aliphatic carbocycles. The molecule has 0 saturated heterocycles. The molecular weight excluding hydrogens is 311 g/mol. The molecule has 0 aliphatic heterocycles. The van der Waals surface area contributed by atoms with Crippen LogP contribution in [0, 0.1) is 13.8 Å². The molecule has 118 valence electrons. The molecule has 9 heteroatoms. The highest BCUT2D eigenvalue weighted by molar-refractivity contribution is 6.32. The van der Waals surface area contributed by atoms with E-state index in [9.17, 15) is 18.0 Å². The van der Waals surface area contributed by atoms with Gasteiger partial charge in [-0.1, -0.05) is 11.6 Å². The number of halogens is 4. The van der Waals surface area contributed by atoms with Gasteiger partial charge in [0.1, 0.15) is 0 Å². The molecule has 2 amide bonds. The Balaban J connectivity index is 2.78. The molecule has 0 fully saturated rings. The van der Waals surface area contributed by atoms with Crippen molar-refractivity contribution >= 4 is 23.3 Å². The SMILES string of the molecule is Cc1cc(C)c(NC(=O)N(C)CC(O)C(F)(F)F)c(Cl)n1. The minimum atomic E-state index is -4.78. The lowest BCUT2D eigenvalue weighted by Crippen LogP contribution is -2.43. The van der Waals surface area contributed by atoms with E-state index in [4.69, 9.17) is 16.7 Å². The van der Waals surface area contributed by atoms with Crippen molar-refractivity contribution in [3.05, 3.63) is 22.5 Å². The van der Waals surface area contributed by atoms with Gasteiger partial charge in [-0.25, -0.2) is 9.78 Å². The maximum Gasteiger partial charge on any atom is 0.416 e. The molecule has 1 aromatic heterocycles. The number of amides is 2. The summed E-state index contributed by atoms with van der Waals surface area (Å²) in [5, 5.41) is 11.4. The van der Waals surface area contributed by atoms with E-state index < -0.39 is 24.9 Å². The van der Waals surface area contributed by atoms with Crippen LogP contribution in [0.2, 0.25) is 5.15 Å². The fraction of sp³-hybridized carbons (Fsp3) is 0.500. The Bertz CT molecular complexity index is 514. The number of nitrogens with zero attached hydrogens (tertiary/aromatic N) is 2. The highest BCUT2D eigenvalue weighted by Crippen LogP contribution is 2.25. The van der Waals surface area contributed by atoms with Gasteiger partial charge >= 0.3 is 12.2 Å². The van der Waals surface area contributed by atoms with E-state index in [0.29, 0.717) is 16.2 Å². The molecule has 0 aliphatic rings. The summed E-state index contributed by atoms with van der Waals surface area (Å²) in [7, 11) is 1.13. The van der Waals surface area contributed by atoms with E-state index in [2.05, 4.69) is 10.3 Å². The fourth-order valence-electron chi connectivity index (χ4n) is 1.59. The number of aliphatic hydroxyl groups is 1. The van der Waals surface area contributed by atoms with Gasteiger partial charge < -0.3 is 15.3 Å². The Kier molecular flexibility index (Phi) is 5.41. The summed E-state index contributed by atoms with van der Waals surface area (Å²) < 4.78 is 36.7. The van der Waals surface area contributed by atoms with Gasteiger partial charge in [0.15, 0.2) is 11.3 Å². The number of aryl methyl sites for hydroxylation is 2. The molecule has 21 heavy (non-hydrogen) atoms. The molecule has 1 unspecified atom stereocenters. The highest BCUT2D eigenvalue weighted by atomic mass is 35.5. The van der Waals surface area contributed by atoms with Crippen molar-refractivity contribution in [2.24, 2.45) is 0 Å². The number of aromatic nitrogens is 1. The van der Waals surface area contributed by atoms with Gasteiger partial charge in [0.25, 0.3) is 0 Å². The lowest BCUT2D eigenvalue weighted by molar-refractivity contribution is -0.205. The quantitative estimate of drug-likeness (QED) is 0.840. The van der Waals surface area contributed by atoms with Crippen molar-refractivity contribution in [3.63, 3.8) is 0 Å². The number of rotatable bonds is 3. The number of alkyl halides is 3. The Labute approximate surface area is 124 Å². The normalized spacial score (nSPS) is 13.0. The second-order valence-electron chi connectivity index (χ2n) is 4.61. The number of pyridine rings is 1. The monoisotopic (exact) mass is 325 g/mol. The molecular formula is C12H15ClF3N3O2. The summed E-state index contributed by atoms with van der Waals surface area (Å²) in [5.74, 6) is 0. The van der Waals surface area contributed by atoms with Crippen LogP contribution in [-0.4, -0.2) is 46.9 Å². The van der Waals surface area contributed by atoms with Gasteiger partial charge in [0, 0.05) is 12.7 Å². The number of carbonyl (C=O) groups is 1. The number of carbonyl (C=O) groups excluding carboxylic acids is 1. The Morgan fingerprint density at radius 2 is 2.10 bits per heavy atom. The molecule has 0 bridgehead atoms. The standard InChI is InChI=1S/C12H15ClF3N3O2/c1-6-4-7(2)17-10(13)9(6)18-11(21)19(3)5-8(20)12(14,15)16/h4,8,20H,5H2,1-3H3,(H,18,21). The molecule has 0 spiro atoms. The predicted octanol–water partition coefficient (Wildman–Crippen LogP) is 2.74. The van der Waals surface area contributed by atoms with Crippen molar-refractivity contribution in [2.75, 3.05) is 18.9 Å².